The van der Waals surface area contributed by atoms with Crippen molar-refractivity contribution < 1.29 is 27.4 Å². The van der Waals surface area contributed by atoms with E-state index in [0.717, 1.165) is 5.56 Å². The van der Waals surface area contributed by atoms with Gasteiger partial charge in [0.15, 0.2) is 0 Å². The number of nitrogens with one attached hydrogen (secondary N) is 1. The Bertz CT molecular complexity index is 1050. The van der Waals surface area contributed by atoms with Crippen LogP contribution in [0.3, 0.4) is 0 Å². The highest BCUT2D eigenvalue weighted by Gasteiger charge is 2.33. The Kier molecular flexibility index (Phi) is 7.07. The summed E-state index contributed by atoms with van der Waals surface area (Å²) in [7, 11) is 0.890. The smallest absolute Gasteiger partial charge is 0.243 e. The van der Waals surface area contributed by atoms with Gasteiger partial charge in [-0.25, -0.2) is 8.42 Å². The predicted octanol–water partition coefficient (Wildman–Crippen LogP) is 3.06. The molecular weight excluding hydrogens is 420 g/mol. The molecule has 0 aromatic heterocycles. The second kappa shape index (κ2) is 9.57. The molecule has 168 valence electrons. The van der Waals surface area contributed by atoms with E-state index in [2.05, 4.69) is 5.32 Å². The molecule has 2 aromatic rings. The molecule has 1 aliphatic heterocycles. The zero-order chi connectivity index (χ0) is 22.6. The van der Waals surface area contributed by atoms with Crippen LogP contribution in [0.15, 0.2) is 41.3 Å². The van der Waals surface area contributed by atoms with Crippen molar-refractivity contribution in [3.63, 3.8) is 0 Å². The summed E-state index contributed by atoms with van der Waals surface area (Å²) in [5.74, 6) is 1.01. The number of carbonyl (C=O) groups is 1. The van der Waals surface area contributed by atoms with Crippen LogP contribution in [-0.4, -0.2) is 53.0 Å². The number of ether oxygens (including phenoxy) is 3. The van der Waals surface area contributed by atoms with Crippen molar-refractivity contribution in [3.8, 4) is 17.2 Å². The quantitative estimate of drug-likeness (QED) is 0.700. The van der Waals surface area contributed by atoms with Gasteiger partial charge in [0.25, 0.3) is 0 Å². The van der Waals surface area contributed by atoms with E-state index in [-0.39, 0.29) is 17.3 Å². The van der Waals surface area contributed by atoms with Gasteiger partial charge in [-0.15, -0.1) is 0 Å². The molecule has 1 saturated heterocycles. The van der Waals surface area contributed by atoms with Crippen molar-refractivity contribution in [3.05, 3.63) is 42.0 Å². The Labute approximate surface area is 183 Å². The number of hydrogen-bond donors (Lipinski definition) is 1. The number of nitrogens with zero attached hydrogens (tertiary/aromatic N) is 1. The lowest BCUT2D eigenvalue weighted by molar-refractivity contribution is -0.120. The van der Waals surface area contributed by atoms with Crippen LogP contribution in [0.1, 0.15) is 18.4 Å². The number of carbonyl (C=O) groups excluding carboxylic acids is 1. The van der Waals surface area contributed by atoms with E-state index in [0.29, 0.717) is 42.3 Å². The average molecular weight is 449 g/mol. The predicted molar refractivity (Wildman–Crippen MR) is 117 cm³/mol. The van der Waals surface area contributed by atoms with E-state index in [4.69, 9.17) is 14.2 Å². The van der Waals surface area contributed by atoms with Gasteiger partial charge in [-0.1, -0.05) is 0 Å². The number of sulfonamides is 1. The van der Waals surface area contributed by atoms with Gasteiger partial charge in [0, 0.05) is 19.2 Å². The summed E-state index contributed by atoms with van der Waals surface area (Å²) >= 11 is 0. The third-order valence-electron chi connectivity index (χ3n) is 5.43. The highest BCUT2D eigenvalue weighted by Crippen LogP contribution is 2.31. The average Bonchev–Trinajstić information content (AvgIpc) is 2.79. The second-order valence-corrected chi connectivity index (χ2v) is 9.33. The lowest BCUT2D eigenvalue weighted by Gasteiger charge is -2.31. The minimum absolute atomic E-state index is 0.123. The first-order valence-electron chi connectivity index (χ1n) is 9.97. The first kappa shape index (κ1) is 22.9. The summed E-state index contributed by atoms with van der Waals surface area (Å²) in [4.78, 5) is 13.1. The van der Waals surface area contributed by atoms with Crippen molar-refractivity contribution in [2.75, 3.05) is 39.7 Å². The maximum atomic E-state index is 13.2. The zero-order valence-corrected chi connectivity index (χ0v) is 19.0. The Morgan fingerprint density at radius 3 is 2.42 bits per heavy atom. The van der Waals surface area contributed by atoms with Gasteiger partial charge in [0.1, 0.15) is 17.2 Å². The summed E-state index contributed by atoms with van der Waals surface area (Å²) in [6.45, 7) is 2.30. The maximum Gasteiger partial charge on any atom is 0.243 e. The Balaban J connectivity index is 1.75. The van der Waals surface area contributed by atoms with Crippen LogP contribution in [0.4, 0.5) is 5.69 Å². The van der Waals surface area contributed by atoms with Crippen LogP contribution in [0.5, 0.6) is 17.2 Å². The highest BCUT2D eigenvalue weighted by atomic mass is 32.2. The minimum Gasteiger partial charge on any atom is -0.497 e. The number of rotatable bonds is 7. The van der Waals surface area contributed by atoms with Crippen LogP contribution >= 0.6 is 0 Å². The number of methoxy groups -OCH3 is 3. The molecule has 0 bridgehead atoms. The van der Waals surface area contributed by atoms with E-state index >= 15 is 0 Å². The number of piperidine rings is 1. The lowest BCUT2D eigenvalue weighted by atomic mass is 9.98. The monoisotopic (exact) mass is 448 g/mol. The molecule has 9 heteroatoms. The fourth-order valence-corrected chi connectivity index (χ4v) is 5.28. The fraction of sp³-hybridized carbons (Fsp3) is 0.409. The van der Waals surface area contributed by atoms with Crippen molar-refractivity contribution in [1.29, 1.82) is 0 Å². The molecule has 31 heavy (non-hydrogen) atoms. The van der Waals surface area contributed by atoms with E-state index in [9.17, 15) is 13.2 Å². The molecule has 2 aromatic carbocycles. The van der Waals surface area contributed by atoms with Crippen LogP contribution < -0.4 is 19.5 Å². The molecule has 1 heterocycles. The number of benzene rings is 2. The van der Waals surface area contributed by atoms with Crippen molar-refractivity contribution in [2.45, 2.75) is 24.7 Å². The largest absolute Gasteiger partial charge is 0.497 e. The fourth-order valence-electron chi connectivity index (χ4n) is 3.67. The number of aryl methyl sites for hydroxylation is 1. The van der Waals surface area contributed by atoms with Gasteiger partial charge in [-0.05, 0) is 55.7 Å². The molecule has 1 amide bonds. The van der Waals surface area contributed by atoms with Gasteiger partial charge in [0.2, 0.25) is 15.9 Å². The van der Waals surface area contributed by atoms with Crippen LogP contribution in [0.2, 0.25) is 0 Å². The van der Waals surface area contributed by atoms with Gasteiger partial charge in [-0.3, -0.25) is 4.79 Å². The Morgan fingerprint density at radius 1 is 1.03 bits per heavy atom. The normalized spacial score (nSPS) is 17.1. The molecule has 0 spiro atoms. The molecule has 1 N–H and O–H groups in total. The summed E-state index contributed by atoms with van der Waals surface area (Å²) in [6, 6.07) is 9.88. The first-order chi connectivity index (χ1) is 14.8. The summed E-state index contributed by atoms with van der Waals surface area (Å²) < 4.78 is 43.4. The molecule has 0 unspecified atom stereocenters. The summed E-state index contributed by atoms with van der Waals surface area (Å²) in [6.07, 6.45) is 1.21. The van der Waals surface area contributed by atoms with E-state index in [1.807, 2.05) is 0 Å². The Morgan fingerprint density at radius 2 is 1.77 bits per heavy atom. The SMILES string of the molecule is COc1ccc(NC(=O)[C@@H]2CCCN(S(=O)(=O)c3ccc(OC)c(C)c3)C2)c(OC)c1. The first-order valence-corrected chi connectivity index (χ1v) is 11.4. The summed E-state index contributed by atoms with van der Waals surface area (Å²) in [5.41, 5.74) is 1.25. The van der Waals surface area contributed by atoms with E-state index < -0.39 is 15.9 Å². The van der Waals surface area contributed by atoms with E-state index in [1.54, 1.807) is 51.5 Å². The molecule has 1 aliphatic rings. The van der Waals surface area contributed by atoms with Gasteiger partial charge >= 0.3 is 0 Å². The van der Waals surface area contributed by atoms with Crippen LogP contribution in [0.25, 0.3) is 0 Å². The highest BCUT2D eigenvalue weighted by molar-refractivity contribution is 7.89. The lowest BCUT2D eigenvalue weighted by Crippen LogP contribution is -2.43. The molecule has 0 saturated carbocycles. The topological polar surface area (TPSA) is 94.2 Å². The molecule has 1 fully saturated rings. The van der Waals surface area contributed by atoms with Crippen LogP contribution in [-0.2, 0) is 14.8 Å². The third kappa shape index (κ3) is 4.94. The van der Waals surface area contributed by atoms with Crippen LogP contribution in [0, 0.1) is 12.8 Å². The second-order valence-electron chi connectivity index (χ2n) is 7.39. The van der Waals surface area contributed by atoms with Gasteiger partial charge in [-0.2, -0.15) is 4.31 Å². The standard InChI is InChI=1S/C22H28N2O6S/c1-15-12-18(8-10-20(15)29-3)31(26,27)24-11-5-6-16(14-24)22(25)23-19-9-7-17(28-2)13-21(19)30-4/h7-10,12-13,16H,5-6,11,14H2,1-4H3,(H,23,25)/t16-/m1/s1. The minimum atomic E-state index is -3.71. The number of anilines is 1. The molecular formula is C22H28N2O6S. The molecule has 3 rings (SSSR count). The third-order valence-corrected chi connectivity index (χ3v) is 7.29. The summed E-state index contributed by atoms with van der Waals surface area (Å²) in [5, 5.41) is 2.86. The molecule has 0 radical (unpaired) electrons. The molecule has 8 nitrogen and oxygen atoms in total. The number of hydrogen-bond acceptors (Lipinski definition) is 6. The zero-order valence-electron chi connectivity index (χ0n) is 18.2. The Hall–Kier alpha value is -2.78. The van der Waals surface area contributed by atoms with Gasteiger partial charge < -0.3 is 19.5 Å². The number of amides is 1. The molecule has 1 atom stereocenters. The van der Waals surface area contributed by atoms with Gasteiger partial charge in [0.05, 0.1) is 37.8 Å². The maximum absolute atomic E-state index is 13.2. The van der Waals surface area contributed by atoms with Crippen molar-refractivity contribution in [2.24, 2.45) is 5.92 Å². The molecule has 0 aliphatic carbocycles. The van der Waals surface area contributed by atoms with E-state index in [1.165, 1.54) is 17.5 Å². The van der Waals surface area contributed by atoms with Crippen molar-refractivity contribution in [1.82, 2.24) is 4.31 Å². The van der Waals surface area contributed by atoms with Crippen molar-refractivity contribution >= 4 is 21.6 Å².